The molecular weight excluding hydrogens is 469 g/mol. The van der Waals surface area contributed by atoms with Gasteiger partial charge in [0.05, 0.1) is 18.3 Å². The Bertz CT molecular complexity index is 1150. The number of nitrogens with zero attached hydrogens (tertiary/aromatic N) is 4. The second kappa shape index (κ2) is 10.6. The fourth-order valence-electron chi connectivity index (χ4n) is 6.97. The number of hydrogen-bond acceptors (Lipinski definition) is 4. The minimum atomic E-state index is -0.274. The van der Waals surface area contributed by atoms with E-state index >= 15 is 0 Å². The molecule has 0 aliphatic carbocycles. The molecular formula is C29H40FN5O2. The maximum atomic E-state index is 13.9. The zero-order valence-corrected chi connectivity index (χ0v) is 22.5. The molecule has 3 aliphatic rings. The van der Waals surface area contributed by atoms with Gasteiger partial charge in [-0.15, -0.1) is 0 Å². The van der Waals surface area contributed by atoms with E-state index in [0.717, 1.165) is 55.9 Å². The number of carbonyl (C=O) groups excluding carboxylic acids is 2. The van der Waals surface area contributed by atoms with Crippen LogP contribution in [0.5, 0.6) is 0 Å². The SMILES string of the molecule is CC(=O)N[C@@H](CCN1[C@@H]2CC[C@H]1CC(n1c(C)nc3c1CCN(C(=O)C(C)C)C3)C2)c1cccc(F)c1. The number of hydrogen-bond donors (Lipinski definition) is 1. The minimum Gasteiger partial charge on any atom is -0.349 e. The van der Waals surface area contributed by atoms with Gasteiger partial charge in [-0.05, 0) is 56.7 Å². The third-order valence-corrected chi connectivity index (χ3v) is 8.56. The first-order valence-corrected chi connectivity index (χ1v) is 13.8. The Morgan fingerprint density at radius 1 is 1.16 bits per heavy atom. The molecule has 37 heavy (non-hydrogen) atoms. The van der Waals surface area contributed by atoms with E-state index in [2.05, 4.69) is 21.7 Å². The van der Waals surface area contributed by atoms with Crippen LogP contribution in [0.1, 0.15) is 87.7 Å². The maximum Gasteiger partial charge on any atom is 0.225 e. The second-order valence-electron chi connectivity index (χ2n) is 11.4. The van der Waals surface area contributed by atoms with E-state index in [0.29, 0.717) is 24.7 Å². The number of imidazole rings is 1. The molecule has 7 nitrogen and oxygen atoms in total. The molecule has 2 aromatic rings. The number of piperidine rings is 1. The van der Waals surface area contributed by atoms with Crippen molar-refractivity contribution < 1.29 is 14.0 Å². The molecule has 0 radical (unpaired) electrons. The van der Waals surface area contributed by atoms with Gasteiger partial charge in [-0.2, -0.15) is 0 Å². The summed E-state index contributed by atoms with van der Waals surface area (Å²) in [5.74, 6) is 0.920. The normalized spacial score (nSPS) is 24.3. The van der Waals surface area contributed by atoms with Crippen molar-refractivity contribution in [1.82, 2.24) is 24.7 Å². The van der Waals surface area contributed by atoms with E-state index in [4.69, 9.17) is 4.98 Å². The van der Waals surface area contributed by atoms with E-state index in [1.54, 1.807) is 6.07 Å². The number of aryl methyl sites for hydroxylation is 1. The lowest BCUT2D eigenvalue weighted by molar-refractivity contribution is -0.135. The minimum absolute atomic E-state index is 0.0100. The number of fused-ring (bicyclic) bond motifs is 3. The molecule has 2 amide bonds. The zero-order chi connectivity index (χ0) is 26.3. The largest absolute Gasteiger partial charge is 0.349 e. The molecule has 8 heteroatoms. The molecule has 2 fully saturated rings. The third-order valence-electron chi connectivity index (χ3n) is 8.56. The van der Waals surface area contributed by atoms with Crippen LogP contribution in [0.2, 0.25) is 0 Å². The van der Waals surface area contributed by atoms with Crippen LogP contribution in [0, 0.1) is 18.7 Å². The van der Waals surface area contributed by atoms with Crippen LogP contribution in [-0.2, 0) is 22.6 Å². The van der Waals surface area contributed by atoms with Crippen molar-refractivity contribution in [2.45, 2.75) is 96.9 Å². The van der Waals surface area contributed by atoms with E-state index in [1.165, 1.54) is 37.6 Å². The first-order chi connectivity index (χ1) is 17.7. The monoisotopic (exact) mass is 509 g/mol. The van der Waals surface area contributed by atoms with Gasteiger partial charge in [0, 0.05) is 56.2 Å². The van der Waals surface area contributed by atoms with Crippen LogP contribution in [0.25, 0.3) is 0 Å². The summed E-state index contributed by atoms with van der Waals surface area (Å²) in [6.07, 6.45) is 6.21. The fraction of sp³-hybridized carbons (Fsp3) is 0.621. The van der Waals surface area contributed by atoms with Crippen LogP contribution < -0.4 is 5.32 Å². The Morgan fingerprint density at radius 3 is 2.54 bits per heavy atom. The molecule has 1 aromatic heterocycles. The van der Waals surface area contributed by atoms with Gasteiger partial charge in [-0.3, -0.25) is 14.5 Å². The number of nitrogens with one attached hydrogen (secondary N) is 1. The first kappa shape index (κ1) is 25.9. The van der Waals surface area contributed by atoms with Gasteiger partial charge in [0.15, 0.2) is 0 Å². The highest BCUT2D eigenvalue weighted by atomic mass is 19.1. The summed E-state index contributed by atoms with van der Waals surface area (Å²) < 4.78 is 16.4. The number of halogens is 1. The Kier molecular flexibility index (Phi) is 7.39. The predicted molar refractivity (Wildman–Crippen MR) is 140 cm³/mol. The molecule has 4 heterocycles. The Labute approximate surface area is 219 Å². The van der Waals surface area contributed by atoms with Gasteiger partial charge >= 0.3 is 0 Å². The zero-order valence-electron chi connectivity index (χ0n) is 22.5. The van der Waals surface area contributed by atoms with Gasteiger partial charge < -0.3 is 14.8 Å². The highest BCUT2D eigenvalue weighted by molar-refractivity contribution is 5.78. The fourth-order valence-corrected chi connectivity index (χ4v) is 6.97. The van der Waals surface area contributed by atoms with E-state index in [1.807, 2.05) is 24.8 Å². The van der Waals surface area contributed by atoms with E-state index in [-0.39, 0.29) is 29.6 Å². The topological polar surface area (TPSA) is 70.5 Å². The smallest absolute Gasteiger partial charge is 0.225 e. The average molecular weight is 510 g/mol. The van der Waals surface area contributed by atoms with Crippen LogP contribution in [0.15, 0.2) is 24.3 Å². The molecule has 1 aromatic carbocycles. The second-order valence-corrected chi connectivity index (χ2v) is 11.4. The number of amides is 2. The molecule has 5 rings (SSSR count). The molecule has 4 atom stereocenters. The summed E-state index contributed by atoms with van der Waals surface area (Å²) in [7, 11) is 0. The van der Waals surface area contributed by atoms with Crippen molar-refractivity contribution in [2.75, 3.05) is 13.1 Å². The van der Waals surface area contributed by atoms with Crippen LogP contribution >= 0.6 is 0 Å². The van der Waals surface area contributed by atoms with Crippen molar-refractivity contribution in [3.63, 3.8) is 0 Å². The lowest BCUT2D eigenvalue weighted by Crippen LogP contribution is -2.45. The van der Waals surface area contributed by atoms with E-state index < -0.39 is 0 Å². The summed E-state index contributed by atoms with van der Waals surface area (Å²) in [4.78, 5) is 33.9. The van der Waals surface area contributed by atoms with Crippen LogP contribution in [0.3, 0.4) is 0 Å². The van der Waals surface area contributed by atoms with Gasteiger partial charge in [0.25, 0.3) is 0 Å². The Balaban J connectivity index is 1.27. The molecule has 0 spiro atoms. The average Bonchev–Trinajstić information content (AvgIpc) is 3.30. The van der Waals surface area contributed by atoms with Crippen LogP contribution in [-0.4, -0.2) is 56.3 Å². The Hall–Kier alpha value is -2.74. The summed E-state index contributed by atoms with van der Waals surface area (Å²) in [6.45, 7) is 9.83. The van der Waals surface area contributed by atoms with Gasteiger partial charge in [-0.25, -0.2) is 9.37 Å². The summed E-state index contributed by atoms with van der Waals surface area (Å²) in [6, 6.07) is 7.84. The quantitative estimate of drug-likeness (QED) is 0.604. The van der Waals surface area contributed by atoms with Crippen molar-refractivity contribution in [2.24, 2.45) is 5.92 Å². The van der Waals surface area contributed by atoms with Crippen molar-refractivity contribution >= 4 is 11.8 Å². The number of rotatable bonds is 7. The highest BCUT2D eigenvalue weighted by Gasteiger charge is 2.42. The molecule has 2 saturated heterocycles. The lowest BCUT2D eigenvalue weighted by Gasteiger charge is -2.41. The van der Waals surface area contributed by atoms with Crippen molar-refractivity contribution in [3.8, 4) is 0 Å². The lowest BCUT2D eigenvalue weighted by atomic mass is 9.94. The molecule has 1 N–H and O–H groups in total. The molecule has 0 saturated carbocycles. The van der Waals surface area contributed by atoms with Gasteiger partial charge in [-0.1, -0.05) is 26.0 Å². The molecule has 2 bridgehead atoms. The predicted octanol–water partition coefficient (Wildman–Crippen LogP) is 4.31. The molecule has 200 valence electrons. The molecule has 3 aliphatic heterocycles. The highest BCUT2D eigenvalue weighted by Crippen LogP contribution is 2.43. The summed E-state index contributed by atoms with van der Waals surface area (Å²) in [5.41, 5.74) is 3.21. The standard InChI is InChI=1S/C29H40FN5O2/c1-18(2)29(37)33-12-11-28-27(17-33)31-19(3)35(28)25-15-23-8-9-24(16-25)34(23)13-10-26(32-20(4)36)21-6-5-7-22(30)14-21/h5-7,14,18,23-26H,8-13,15-17H2,1-4H3,(H,32,36)/t23-,24+,25?,26-/m0/s1. The summed E-state index contributed by atoms with van der Waals surface area (Å²) in [5, 5.41) is 3.03. The molecule has 1 unspecified atom stereocenters. The number of benzene rings is 1. The number of carbonyl (C=O) groups is 2. The maximum absolute atomic E-state index is 13.9. The summed E-state index contributed by atoms with van der Waals surface area (Å²) >= 11 is 0. The van der Waals surface area contributed by atoms with Gasteiger partial charge in [0.2, 0.25) is 11.8 Å². The number of aromatic nitrogens is 2. The van der Waals surface area contributed by atoms with Crippen molar-refractivity contribution in [1.29, 1.82) is 0 Å². The third kappa shape index (κ3) is 5.31. The van der Waals surface area contributed by atoms with Gasteiger partial charge in [0.1, 0.15) is 11.6 Å². The Morgan fingerprint density at radius 2 is 1.89 bits per heavy atom. The van der Waals surface area contributed by atoms with Crippen molar-refractivity contribution in [3.05, 3.63) is 52.9 Å². The first-order valence-electron chi connectivity index (χ1n) is 13.8. The van der Waals surface area contributed by atoms with Crippen LogP contribution in [0.4, 0.5) is 4.39 Å². The van der Waals surface area contributed by atoms with E-state index in [9.17, 15) is 14.0 Å².